The number of benzene rings is 1. The Hall–Kier alpha value is -2.59. The molecule has 1 aliphatic heterocycles. The molecule has 0 radical (unpaired) electrons. The molecule has 0 aliphatic carbocycles. The maximum absolute atomic E-state index is 12.2. The first-order chi connectivity index (χ1) is 14.6. The topological polar surface area (TPSA) is 79.8 Å². The molecule has 1 saturated heterocycles. The number of rotatable bonds is 5. The third-order valence-electron chi connectivity index (χ3n) is 5.12. The summed E-state index contributed by atoms with van der Waals surface area (Å²) in [5, 5.41) is 10.9. The van der Waals surface area contributed by atoms with Gasteiger partial charge in [-0.15, -0.1) is 21.5 Å². The summed E-state index contributed by atoms with van der Waals surface area (Å²) in [7, 11) is 0. The van der Waals surface area contributed by atoms with E-state index in [0.29, 0.717) is 29.9 Å². The fraction of sp³-hybridized carbons (Fsp3) is 0.300. The Labute approximate surface area is 181 Å². The van der Waals surface area contributed by atoms with Crippen LogP contribution in [0.4, 0.5) is 0 Å². The number of nitrogens with zero attached hydrogens (tertiary/aromatic N) is 6. The van der Waals surface area contributed by atoms with E-state index in [4.69, 9.17) is 16.0 Å². The van der Waals surface area contributed by atoms with Crippen molar-refractivity contribution in [2.75, 3.05) is 26.2 Å². The largest absolute Gasteiger partial charge is 0.419 e. The Bertz CT molecular complexity index is 1210. The zero-order chi connectivity index (χ0) is 20.5. The highest BCUT2D eigenvalue weighted by molar-refractivity contribution is 7.15. The summed E-state index contributed by atoms with van der Waals surface area (Å²) >= 11 is 7.40. The molecule has 1 aromatic carbocycles. The van der Waals surface area contributed by atoms with E-state index in [2.05, 4.69) is 25.0 Å². The lowest BCUT2D eigenvalue weighted by molar-refractivity contribution is 0.114. The normalized spacial score (nSPS) is 15.8. The standard InChI is InChI=1S/C20H19ClN6O2S/c21-15-3-1-14(2-4-15)19-24-23-17(29-19)13-26-7-5-25(6-8-26)12-16-11-18(28)27-9-10-30-20(27)22-16/h1-4,9-11H,5-8,12-13H2. The van der Waals surface area contributed by atoms with E-state index >= 15 is 0 Å². The van der Waals surface area contributed by atoms with Gasteiger partial charge >= 0.3 is 0 Å². The molecule has 154 valence electrons. The van der Waals surface area contributed by atoms with E-state index in [9.17, 15) is 4.79 Å². The van der Waals surface area contributed by atoms with Gasteiger partial charge in [0, 0.05) is 61.0 Å². The number of fused-ring (bicyclic) bond motifs is 1. The molecule has 0 bridgehead atoms. The van der Waals surface area contributed by atoms with Crippen molar-refractivity contribution in [2.24, 2.45) is 0 Å². The molecule has 8 nitrogen and oxygen atoms in total. The lowest BCUT2D eigenvalue weighted by atomic mass is 10.2. The predicted molar refractivity (Wildman–Crippen MR) is 115 cm³/mol. The molecular formula is C20H19ClN6O2S. The average molecular weight is 443 g/mol. The van der Waals surface area contributed by atoms with Crippen molar-refractivity contribution in [3.63, 3.8) is 0 Å². The maximum Gasteiger partial charge on any atom is 0.258 e. The highest BCUT2D eigenvalue weighted by Gasteiger charge is 2.20. The van der Waals surface area contributed by atoms with Crippen LogP contribution < -0.4 is 5.56 Å². The van der Waals surface area contributed by atoms with Crippen molar-refractivity contribution in [3.05, 3.63) is 68.9 Å². The van der Waals surface area contributed by atoms with Crippen LogP contribution in [0.1, 0.15) is 11.6 Å². The smallest absolute Gasteiger partial charge is 0.258 e. The monoisotopic (exact) mass is 442 g/mol. The molecule has 30 heavy (non-hydrogen) atoms. The summed E-state index contributed by atoms with van der Waals surface area (Å²) in [5.41, 5.74) is 1.65. The molecule has 0 saturated carbocycles. The minimum Gasteiger partial charge on any atom is -0.419 e. The van der Waals surface area contributed by atoms with Gasteiger partial charge in [-0.2, -0.15) is 0 Å². The Morgan fingerprint density at radius 3 is 2.53 bits per heavy atom. The lowest BCUT2D eigenvalue weighted by Crippen LogP contribution is -2.45. The van der Waals surface area contributed by atoms with Crippen LogP contribution in [0.25, 0.3) is 16.4 Å². The number of thiazole rings is 1. The molecule has 4 aromatic rings. The van der Waals surface area contributed by atoms with Gasteiger partial charge in [0.25, 0.3) is 5.56 Å². The Morgan fingerprint density at radius 1 is 1.03 bits per heavy atom. The van der Waals surface area contributed by atoms with Crippen molar-refractivity contribution < 1.29 is 4.42 Å². The second-order valence-corrected chi connectivity index (χ2v) is 8.51. The molecule has 3 aromatic heterocycles. The van der Waals surface area contributed by atoms with E-state index in [1.807, 2.05) is 17.5 Å². The molecule has 10 heteroatoms. The fourth-order valence-electron chi connectivity index (χ4n) is 3.52. The third-order valence-corrected chi connectivity index (χ3v) is 6.13. The van der Waals surface area contributed by atoms with Crippen LogP contribution in [0.15, 0.2) is 51.1 Å². The van der Waals surface area contributed by atoms with Crippen LogP contribution in [0.5, 0.6) is 0 Å². The zero-order valence-electron chi connectivity index (χ0n) is 16.1. The number of halogens is 1. The summed E-state index contributed by atoms with van der Waals surface area (Å²) in [4.78, 5) is 22.1. The Balaban J connectivity index is 1.17. The first-order valence-electron chi connectivity index (χ1n) is 9.63. The minimum absolute atomic E-state index is 0.0252. The van der Waals surface area contributed by atoms with Crippen LogP contribution >= 0.6 is 22.9 Å². The van der Waals surface area contributed by atoms with Crippen molar-refractivity contribution >= 4 is 27.9 Å². The van der Waals surface area contributed by atoms with Crippen LogP contribution in [-0.4, -0.2) is 55.6 Å². The van der Waals surface area contributed by atoms with E-state index < -0.39 is 0 Å². The van der Waals surface area contributed by atoms with Gasteiger partial charge in [0.05, 0.1) is 12.2 Å². The summed E-state index contributed by atoms with van der Waals surface area (Å²) < 4.78 is 7.39. The van der Waals surface area contributed by atoms with Crippen molar-refractivity contribution in [3.8, 4) is 11.5 Å². The Kier molecular flexibility index (Phi) is 5.34. The molecule has 0 amide bonds. The summed E-state index contributed by atoms with van der Waals surface area (Å²) in [6.45, 7) is 4.86. The second-order valence-electron chi connectivity index (χ2n) is 7.20. The fourth-order valence-corrected chi connectivity index (χ4v) is 4.39. The third kappa shape index (κ3) is 4.15. The van der Waals surface area contributed by atoms with Crippen molar-refractivity contribution in [1.29, 1.82) is 0 Å². The summed E-state index contributed by atoms with van der Waals surface area (Å²) in [5.74, 6) is 1.10. The average Bonchev–Trinajstić information content (AvgIpc) is 3.40. The van der Waals surface area contributed by atoms with E-state index in [0.717, 1.165) is 42.4 Å². The number of aromatic nitrogens is 4. The van der Waals surface area contributed by atoms with Gasteiger partial charge in [-0.25, -0.2) is 4.98 Å². The minimum atomic E-state index is -0.0252. The SMILES string of the molecule is O=c1cc(CN2CCN(Cc3nnc(-c4ccc(Cl)cc4)o3)CC2)nc2sccn12. The maximum atomic E-state index is 12.2. The molecule has 5 rings (SSSR count). The van der Waals surface area contributed by atoms with Crippen LogP contribution in [0.2, 0.25) is 5.02 Å². The number of hydrogen-bond acceptors (Lipinski definition) is 8. The highest BCUT2D eigenvalue weighted by Crippen LogP contribution is 2.21. The van der Waals surface area contributed by atoms with E-state index in [1.165, 1.54) is 11.3 Å². The van der Waals surface area contributed by atoms with Gasteiger partial charge in [-0.3, -0.25) is 19.0 Å². The Morgan fingerprint density at radius 2 is 1.77 bits per heavy atom. The highest BCUT2D eigenvalue weighted by atomic mass is 35.5. The van der Waals surface area contributed by atoms with Crippen molar-refractivity contribution in [1.82, 2.24) is 29.4 Å². The molecule has 1 fully saturated rings. The molecule has 0 unspecified atom stereocenters. The van der Waals surface area contributed by atoms with Gasteiger partial charge < -0.3 is 4.42 Å². The van der Waals surface area contributed by atoms with Crippen molar-refractivity contribution in [2.45, 2.75) is 13.1 Å². The van der Waals surface area contributed by atoms with Gasteiger partial charge in [0.1, 0.15) is 0 Å². The molecule has 4 heterocycles. The van der Waals surface area contributed by atoms with Gasteiger partial charge in [-0.1, -0.05) is 11.6 Å². The van der Waals surface area contributed by atoms with E-state index in [1.54, 1.807) is 28.8 Å². The molecular weight excluding hydrogens is 424 g/mol. The summed E-state index contributed by atoms with van der Waals surface area (Å²) in [6, 6.07) is 8.97. The van der Waals surface area contributed by atoms with Gasteiger partial charge in [0.2, 0.25) is 11.8 Å². The second kappa shape index (κ2) is 8.27. The van der Waals surface area contributed by atoms with Gasteiger partial charge in [0.15, 0.2) is 4.96 Å². The quantitative estimate of drug-likeness (QED) is 0.470. The zero-order valence-corrected chi connectivity index (χ0v) is 17.6. The number of piperazine rings is 1. The molecule has 1 aliphatic rings. The number of hydrogen-bond donors (Lipinski definition) is 0. The molecule has 0 N–H and O–H groups in total. The van der Waals surface area contributed by atoms with Crippen LogP contribution in [0.3, 0.4) is 0 Å². The lowest BCUT2D eigenvalue weighted by Gasteiger charge is -2.33. The first-order valence-corrected chi connectivity index (χ1v) is 10.9. The first kappa shape index (κ1) is 19.4. The molecule has 0 atom stereocenters. The van der Waals surface area contributed by atoms with Crippen LogP contribution in [-0.2, 0) is 13.1 Å². The van der Waals surface area contributed by atoms with E-state index in [-0.39, 0.29) is 5.56 Å². The van der Waals surface area contributed by atoms with Crippen LogP contribution in [0, 0.1) is 0 Å². The molecule has 0 spiro atoms. The predicted octanol–water partition coefficient (Wildman–Crippen LogP) is 2.78. The van der Waals surface area contributed by atoms with Gasteiger partial charge in [-0.05, 0) is 24.3 Å². The summed E-state index contributed by atoms with van der Waals surface area (Å²) in [6.07, 6.45) is 1.76.